The lowest BCUT2D eigenvalue weighted by atomic mass is 10.1. The van der Waals surface area contributed by atoms with Crippen LogP contribution in [0, 0.1) is 0 Å². The average Bonchev–Trinajstić information content (AvgIpc) is 2.49. The smallest absolute Gasteiger partial charge is 0.345 e. The summed E-state index contributed by atoms with van der Waals surface area (Å²) in [5, 5.41) is 10.4. The molecule has 1 N–H and O–H groups in total. The van der Waals surface area contributed by atoms with Gasteiger partial charge in [-0.2, -0.15) is 0 Å². The van der Waals surface area contributed by atoms with Gasteiger partial charge in [0.15, 0.2) is 6.10 Å². The highest BCUT2D eigenvalue weighted by Crippen LogP contribution is 2.25. The Balaban J connectivity index is 2.20. The molecule has 0 saturated carbocycles. The molecule has 0 heterocycles. The van der Waals surface area contributed by atoms with Crippen molar-refractivity contribution < 1.29 is 19.4 Å². The molecule has 116 valence electrons. The highest BCUT2D eigenvalue weighted by Gasteiger charge is 2.22. The maximum absolute atomic E-state index is 11.4. The number of hydrogen-bond donors (Lipinski definition) is 1. The van der Waals surface area contributed by atoms with Crippen molar-refractivity contribution in [3.8, 4) is 11.5 Å². The molecule has 0 aliphatic heterocycles. The summed E-state index contributed by atoms with van der Waals surface area (Å²) in [5.41, 5.74) is 0.663. The highest BCUT2D eigenvalue weighted by atomic mass is 35.5. The number of carbonyl (C=O) groups is 1. The fraction of sp³-hybridized carbons (Fsp3) is 0.188. The SMILES string of the molecule is COc1ccc(Cl)cc1C[C@@H](Oc1ccc(Cl)cc1)C(=O)O. The van der Waals surface area contributed by atoms with Crippen LogP contribution in [0.5, 0.6) is 11.5 Å². The van der Waals surface area contributed by atoms with Crippen molar-refractivity contribution in [2.45, 2.75) is 12.5 Å². The molecule has 0 unspecified atom stereocenters. The van der Waals surface area contributed by atoms with Gasteiger partial charge in [0.1, 0.15) is 11.5 Å². The van der Waals surface area contributed by atoms with Crippen molar-refractivity contribution in [3.63, 3.8) is 0 Å². The third kappa shape index (κ3) is 4.29. The van der Waals surface area contributed by atoms with Crippen LogP contribution < -0.4 is 9.47 Å². The molecule has 0 aromatic heterocycles. The first-order valence-electron chi connectivity index (χ1n) is 6.47. The van der Waals surface area contributed by atoms with Gasteiger partial charge in [-0.1, -0.05) is 23.2 Å². The molecule has 2 aromatic carbocycles. The molecule has 0 bridgehead atoms. The normalized spacial score (nSPS) is 11.8. The third-order valence-corrected chi connectivity index (χ3v) is 3.50. The largest absolute Gasteiger partial charge is 0.496 e. The minimum atomic E-state index is -1.07. The molecule has 0 spiro atoms. The number of carboxylic acids is 1. The second-order valence-corrected chi connectivity index (χ2v) is 5.43. The van der Waals surface area contributed by atoms with E-state index in [2.05, 4.69) is 0 Å². The van der Waals surface area contributed by atoms with Gasteiger partial charge in [0.25, 0.3) is 0 Å². The van der Waals surface area contributed by atoms with Gasteiger partial charge in [-0.25, -0.2) is 4.79 Å². The molecular weight excluding hydrogens is 327 g/mol. The summed E-state index contributed by atoms with van der Waals surface area (Å²) < 4.78 is 10.7. The van der Waals surface area contributed by atoms with E-state index in [9.17, 15) is 9.90 Å². The highest BCUT2D eigenvalue weighted by molar-refractivity contribution is 6.30. The van der Waals surface area contributed by atoms with Crippen LogP contribution in [0.15, 0.2) is 42.5 Å². The van der Waals surface area contributed by atoms with Gasteiger partial charge in [0.05, 0.1) is 7.11 Å². The van der Waals surface area contributed by atoms with Gasteiger partial charge < -0.3 is 14.6 Å². The second kappa shape index (κ2) is 7.38. The minimum absolute atomic E-state index is 0.127. The lowest BCUT2D eigenvalue weighted by Crippen LogP contribution is -2.29. The summed E-state index contributed by atoms with van der Waals surface area (Å²) in [7, 11) is 1.52. The van der Waals surface area contributed by atoms with Crippen molar-refractivity contribution in [1.82, 2.24) is 0 Å². The van der Waals surface area contributed by atoms with Gasteiger partial charge in [-0.15, -0.1) is 0 Å². The fourth-order valence-corrected chi connectivity index (χ4v) is 2.28. The van der Waals surface area contributed by atoms with Crippen LogP contribution in [0.25, 0.3) is 0 Å². The zero-order valence-electron chi connectivity index (χ0n) is 11.8. The first-order chi connectivity index (χ1) is 10.5. The van der Waals surface area contributed by atoms with Crippen LogP contribution in [-0.2, 0) is 11.2 Å². The summed E-state index contributed by atoms with van der Waals surface area (Å²) in [5.74, 6) is -0.0786. The van der Waals surface area contributed by atoms with Crippen molar-refractivity contribution in [1.29, 1.82) is 0 Å². The molecule has 1 atom stereocenters. The number of hydrogen-bond acceptors (Lipinski definition) is 3. The summed E-state index contributed by atoms with van der Waals surface area (Å²) in [6.45, 7) is 0. The van der Waals surface area contributed by atoms with E-state index in [0.717, 1.165) is 0 Å². The maximum atomic E-state index is 11.4. The lowest BCUT2D eigenvalue weighted by Gasteiger charge is -2.17. The number of rotatable bonds is 6. The Hall–Kier alpha value is -1.91. The molecular formula is C16H14Cl2O4. The van der Waals surface area contributed by atoms with Crippen LogP contribution in [0.2, 0.25) is 10.0 Å². The molecule has 0 aliphatic carbocycles. The van der Waals surface area contributed by atoms with E-state index in [1.165, 1.54) is 7.11 Å². The van der Waals surface area contributed by atoms with Crippen molar-refractivity contribution in [2.75, 3.05) is 7.11 Å². The third-order valence-electron chi connectivity index (χ3n) is 3.02. The molecule has 0 amide bonds. The maximum Gasteiger partial charge on any atom is 0.345 e. The molecule has 2 aromatic rings. The molecule has 0 aliphatic rings. The number of benzene rings is 2. The van der Waals surface area contributed by atoms with Gasteiger partial charge >= 0.3 is 5.97 Å². The average molecular weight is 341 g/mol. The van der Waals surface area contributed by atoms with E-state index < -0.39 is 12.1 Å². The number of halogens is 2. The fourth-order valence-electron chi connectivity index (χ4n) is 1.96. The molecule has 4 nitrogen and oxygen atoms in total. The lowest BCUT2D eigenvalue weighted by molar-refractivity contribution is -0.145. The standard InChI is InChI=1S/C16H14Cl2O4/c1-21-14-7-4-12(18)8-10(14)9-15(16(19)20)22-13-5-2-11(17)3-6-13/h2-8,15H,9H2,1H3,(H,19,20)/t15-/m1/s1. The molecule has 6 heteroatoms. The van der Waals surface area contributed by atoms with E-state index in [-0.39, 0.29) is 6.42 Å². The number of carboxylic acid groups (broad SMARTS) is 1. The van der Waals surface area contributed by atoms with Gasteiger partial charge in [-0.05, 0) is 48.0 Å². The molecule has 0 radical (unpaired) electrons. The molecule has 2 rings (SSSR count). The minimum Gasteiger partial charge on any atom is -0.496 e. The Labute approximate surface area is 138 Å². The Kier molecular flexibility index (Phi) is 5.52. The van der Waals surface area contributed by atoms with Crippen LogP contribution in [0.3, 0.4) is 0 Å². The monoisotopic (exact) mass is 340 g/mol. The Morgan fingerprint density at radius 3 is 2.36 bits per heavy atom. The van der Waals surface area contributed by atoms with Crippen LogP contribution in [0.4, 0.5) is 0 Å². The molecule has 22 heavy (non-hydrogen) atoms. The Bertz CT molecular complexity index is 656. The molecule has 0 fully saturated rings. The van der Waals surface area contributed by atoms with Crippen LogP contribution >= 0.6 is 23.2 Å². The topological polar surface area (TPSA) is 55.8 Å². The predicted octanol–water partition coefficient (Wildman–Crippen LogP) is 4.08. The van der Waals surface area contributed by atoms with E-state index in [1.807, 2.05) is 0 Å². The predicted molar refractivity (Wildman–Crippen MR) is 85.2 cm³/mol. The first kappa shape index (κ1) is 16.5. The summed E-state index contributed by atoms with van der Waals surface area (Å²) in [6.07, 6.45) is -0.935. The quantitative estimate of drug-likeness (QED) is 0.860. The number of methoxy groups -OCH3 is 1. The van der Waals surface area contributed by atoms with E-state index >= 15 is 0 Å². The Morgan fingerprint density at radius 2 is 1.77 bits per heavy atom. The number of aliphatic carboxylic acids is 1. The Morgan fingerprint density at radius 1 is 1.14 bits per heavy atom. The summed E-state index contributed by atoms with van der Waals surface area (Å²) >= 11 is 11.8. The van der Waals surface area contributed by atoms with Crippen molar-refractivity contribution in [2.24, 2.45) is 0 Å². The first-order valence-corrected chi connectivity index (χ1v) is 7.22. The van der Waals surface area contributed by atoms with Crippen LogP contribution in [0.1, 0.15) is 5.56 Å². The zero-order chi connectivity index (χ0) is 16.1. The molecule has 0 saturated heterocycles. The van der Waals surface area contributed by atoms with Gasteiger partial charge in [-0.3, -0.25) is 0 Å². The zero-order valence-corrected chi connectivity index (χ0v) is 13.3. The van der Waals surface area contributed by atoms with E-state index in [1.54, 1.807) is 42.5 Å². The van der Waals surface area contributed by atoms with Gasteiger partial charge in [0.2, 0.25) is 0 Å². The van der Waals surface area contributed by atoms with Crippen molar-refractivity contribution in [3.05, 3.63) is 58.1 Å². The van der Waals surface area contributed by atoms with E-state index in [0.29, 0.717) is 27.1 Å². The van der Waals surface area contributed by atoms with Crippen molar-refractivity contribution >= 4 is 29.2 Å². The number of ether oxygens (including phenoxy) is 2. The second-order valence-electron chi connectivity index (χ2n) is 4.56. The van der Waals surface area contributed by atoms with Gasteiger partial charge in [0, 0.05) is 16.5 Å². The summed E-state index contributed by atoms with van der Waals surface area (Å²) in [6, 6.07) is 11.5. The van der Waals surface area contributed by atoms with Crippen LogP contribution in [-0.4, -0.2) is 24.3 Å². The van der Waals surface area contributed by atoms with E-state index in [4.69, 9.17) is 32.7 Å². The summed E-state index contributed by atoms with van der Waals surface area (Å²) in [4.78, 5) is 11.4.